The second-order valence-electron chi connectivity index (χ2n) is 9.01. The second-order valence-corrected chi connectivity index (χ2v) is 9.01. The van der Waals surface area contributed by atoms with Gasteiger partial charge in [0.25, 0.3) is 0 Å². The summed E-state index contributed by atoms with van der Waals surface area (Å²) < 4.78 is 21.8. The quantitative estimate of drug-likeness (QED) is 0.411. The highest BCUT2D eigenvalue weighted by molar-refractivity contribution is 6.02. The lowest BCUT2D eigenvalue weighted by Crippen LogP contribution is -2.50. The Kier molecular flexibility index (Phi) is 10.7. The molecule has 2 aliphatic rings. The number of ether oxygens (including phenoxy) is 4. The molecule has 196 valence electrons. The van der Waals surface area contributed by atoms with Gasteiger partial charge < -0.3 is 24.1 Å². The maximum Gasteiger partial charge on any atom is 0.416 e. The summed E-state index contributed by atoms with van der Waals surface area (Å²) in [6, 6.07) is 8.96. The zero-order valence-electron chi connectivity index (χ0n) is 20.8. The number of carbonyl (C=O) groups excluding carboxylic acids is 3. The van der Waals surface area contributed by atoms with Crippen LogP contribution in [0.25, 0.3) is 0 Å². The summed E-state index contributed by atoms with van der Waals surface area (Å²) in [4.78, 5) is 40.3. The summed E-state index contributed by atoms with van der Waals surface area (Å²) >= 11 is 0. The molecule has 1 saturated heterocycles. The zero-order valence-corrected chi connectivity index (χ0v) is 20.8. The lowest BCUT2D eigenvalue weighted by atomic mass is 9.88. The van der Waals surface area contributed by atoms with Crippen LogP contribution >= 0.6 is 0 Å². The van der Waals surface area contributed by atoms with Crippen LogP contribution in [0, 0.1) is 11.8 Å². The van der Waals surface area contributed by atoms with E-state index in [4.69, 9.17) is 24.1 Å². The maximum absolute atomic E-state index is 13.7. The first-order valence-corrected chi connectivity index (χ1v) is 12.3. The van der Waals surface area contributed by atoms with Gasteiger partial charge in [-0.15, -0.1) is 0 Å². The zero-order chi connectivity index (χ0) is 25.9. The summed E-state index contributed by atoms with van der Waals surface area (Å²) in [6.07, 6.45) is 3.81. The Morgan fingerprint density at radius 3 is 2.53 bits per heavy atom. The Balaban J connectivity index is 1.72. The average Bonchev–Trinajstić information content (AvgIpc) is 3.27. The van der Waals surface area contributed by atoms with Gasteiger partial charge in [-0.2, -0.15) is 0 Å². The van der Waals surface area contributed by atoms with Gasteiger partial charge in [0.1, 0.15) is 12.4 Å². The number of cyclic esters (lactones) is 1. The third kappa shape index (κ3) is 7.49. The monoisotopic (exact) mass is 501 g/mol. The number of allylic oxidation sites excluding steroid dienone is 1. The van der Waals surface area contributed by atoms with Crippen LogP contribution in [0.2, 0.25) is 0 Å². The first kappa shape index (κ1) is 27.6. The minimum Gasteiger partial charge on any atom is -0.482 e. The number of imide groups is 1. The fourth-order valence-electron chi connectivity index (χ4n) is 4.12. The first-order chi connectivity index (χ1) is 17.4. The van der Waals surface area contributed by atoms with E-state index >= 15 is 0 Å². The van der Waals surface area contributed by atoms with E-state index < -0.39 is 30.1 Å². The van der Waals surface area contributed by atoms with Crippen molar-refractivity contribution in [1.29, 1.82) is 0 Å². The van der Waals surface area contributed by atoms with Crippen LogP contribution in [0.3, 0.4) is 0 Å². The Labute approximate surface area is 211 Å². The number of nitrogens with zero attached hydrogens (tertiary/aromatic N) is 1. The summed E-state index contributed by atoms with van der Waals surface area (Å²) in [5, 5.41) is 8.69. The smallest absolute Gasteiger partial charge is 0.416 e. The molecule has 1 aromatic rings. The second kappa shape index (κ2) is 13.9. The van der Waals surface area contributed by atoms with Crippen molar-refractivity contribution >= 4 is 17.8 Å². The van der Waals surface area contributed by atoms with Gasteiger partial charge in [0.2, 0.25) is 5.91 Å². The highest BCUT2D eigenvalue weighted by Crippen LogP contribution is 2.29. The molecular formula is C27H35NO8. The Hall–Kier alpha value is -3.01. The van der Waals surface area contributed by atoms with Crippen LogP contribution in [-0.4, -0.2) is 79.6 Å². The van der Waals surface area contributed by atoms with Crippen LogP contribution in [0.4, 0.5) is 4.79 Å². The van der Waals surface area contributed by atoms with E-state index in [1.54, 1.807) is 12.2 Å². The van der Waals surface area contributed by atoms with E-state index in [1.165, 1.54) is 6.08 Å². The van der Waals surface area contributed by atoms with E-state index in [-0.39, 0.29) is 37.9 Å². The fourth-order valence-corrected chi connectivity index (χ4v) is 4.12. The van der Waals surface area contributed by atoms with Crippen LogP contribution < -0.4 is 0 Å². The Morgan fingerprint density at radius 1 is 1.11 bits per heavy atom. The van der Waals surface area contributed by atoms with Gasteiger partial charge in [-0.3, -0.25) is 9.59 Å². The molecule has 9 heteroatoms. The molecule has 0 aromatic heterocycles. The van der Waals surface area contributed by atoms with E-state index in [1.807, 2.05) is 44.2 Å². The summed E-state index contributed by atoms with van der Waals surface area (Å²) in [6.45, 7) is 5.44. The molecule has 3 rings (SSSR count). The molecule has 2 aliphatic heterocycles. The third-order valence-electron chi connectivity index (χ3n) is 6.06. The van der Waals surface area contributed by atoms with Crippen molar-refractivity contribution in [2.75, 3.05) is 39.6 Å². The molecule has 1 aromatic carbocycles. The SMILES string of the molecule is CC(C)[C@@H]1COC(=O)N1C(=O)[C@H](Cc1ccccc1)[C@H]1OC(=CCCOCCOCCO)C=CC1=O. The number of aliphatic hydroxyl groups excluding tert-OH is 1. The molecule has 0 aliphatic carbocycles. The lowest BCUT2D eigenvalue weighted by Gasteiger charge is -2.32. The molecule has 0 bridgehead atoms. The molecule has 3 atom stereocenters. The van der Waals surface area contributed by atoms with Crippen molar-refractivity contribution in [3.63, 3.8) is 0 Å². The molecular weight excluding hydrogens is 466 g/mol. The molecule has 36 heavy (non-hydrogen) atoms. The number of amides is 2. The van der Waals surface area contributed by atoms with Crippen molar-refractivity contribution < 1.29 is 38.4 Å². The van der Waals surface area contributed by atoms with Gasteiger partial charge >= 0.3 is 6.09 Å². The van der Waals surface area contributed by atoms with Gasteiger partial charge in [0.15, 0.2) is 11.9 Å². The molecule has 0 spiro atoms. The van der Waals surface area contributed by atoms with Gasteiger partial charge in [-0.05, 0) is 42.6 Å². The van der Waals surface area contributed by atoms with Gasteiger partial charge in [-0.1, -0.05) is 44.2 Å². The molecule has 0 radical (unpaired) electrons. The highest BCUT2D eigenvalue weighted by atomic mass is 16.6. The summed E-state index contributed by atoms with van der Waals surface area (Å²) in [5.74, 6) is -1.23. The van der Waals surface area contributed by atoms with E-state index in [0.29, 0.717) is 32.0 Å². The van der Waals surface area contributed by atoms with Crippen molar-refractivity contribution in [3.8, 4) is 0 Å². The van der Waals surface area contributed by atoms with Crippen LogP contribution in [-0.2, 0) is 35.0 Å². The maximum atomic E-state index is 13.7. The predicted molar refractivity (Wildman–Crippen MR) is 131 cm³/mol. The first-order valence-electron chi connectivity index (χ1n) is 12.3. The lowest BCUT2D eigenvalue weighted by molar-refractivity contribution is -0.144. The number of rotatable bonds is 13. The van der Waals surface area contributed by atoms with Crippen LogP contribution in [0.1, 0.15) is 25.8 Å². The summed E-state index contributed by atoms with van der Waals surface area (Å²) in [7, 11) is 0. The summed E-state index contributed by atoms with van der Waals surface area (Å²) in [5.41, 5.74) is 0.859. The number of hydrogen-bond donors (Lipinski definition) is 1. The van der Waals surface area contributed by atoms with Gasteiger partial charge in [0, 0.05) is 0 Å². The van der Waals surface area contributed by atoms with Crippen molar-refractivity contribution in [2.24, 2.45) is 11.8 Å². The van der Waals surface area contributed by atoms with Crippen molar-refractivity contribution in [3.05, 3.63) is 59.9 Å². The minimum atomic E-state index is -1.07. The number of ketones is 1. The number of benzene rings is 1. The van der Waals surface area contributed by atoms with E-state index in [2.05, 4.69) is 0 Å². The topological polar surface area (TPSA) is 112 Å². The standard InChI is InChI=1S/C27H35NO8/c1-19(2)23-18-35-27(32)28(23)26(31)22(17-20-7-4-3-5-8-20)25-24(30)11-10-21(36-25)9-6-13-33-15-16-34-14-12-29/h3-5,7-11,19,22-23,25,29H,6,12-18H2,1-2H3/t22-,23+,25-/m1/s1. The van der Waals surface area contributed by atoms with Crippen LogP contribution in [0.15, 0.2) is 54.3 Å². The molecule has 1 fully saturated rings. The molecule has 0 unspecified atom stereocenters. The highest BCUT2D eigenvalue weighted by Gasteiger charge is 2.46. The largest absolute Gasteiger partial charge is 0.482 e. The van der Waals surface area contributed by atoms with Gasteiger partial charge in [0.05, 0.1) is 45.0 Å². The normalized spacial score (nSPS) is 21.7. The average molecular weight is 502 g/mol. The molecule has 1 N–H and O–H groups in total. The number of aliphatic hydroxyl groups is 1. The molecule has 9 nitrogen and oxygen atoms in total. The van der Waals surface area contributed by atoms with E-state index in [0.717, 1.165) is 10.5 Å². The number of hydrogen-bond acceptors (Lipinski definition) is 8. The fraction of sp³-hybridized carbons (Fsp3) is 0.519. The predicted octanol–water partition coefficient (Wildman–Crippen LogP) is 2.67. The third-order valence-corrected chi connectivity index (χ3v) is 6.06. The molecule has 2 amide bonds. The Morgan fingerprint density at radius 2 is 1.83 bits per heavy atom. The molecule has 0 saturated carbocycles. The van der Waals surface area contributed by atoms with Gasteiger partial charge in [-0.25, -0.2) is 9.69 Å². The molecule has 2 heterocycles. The van der Waals surface area contributed by atoms with Crippen molar-refractivity contribution in [2.45, 2.75) is 38.8 Å². The minimum absolute atomic E-state index is 0.00476. The van der Waals surface area contributed by atoms with Crippen molar-refractivity contribution in [1.82, 2.24) is 4.90 Å². The van der Waals surface area contributed by atoms with Crippen LogP contribution in [0.5, 0.6) is 0 Å². The van der Waals surface area contributed by atoms with E-state index in [9.17, 15) is 14.4 Å². The number of carbonyl (C=O) groups is 3. The Bertz CT molecular complexity index is 942.